The second-order valence-corrected chi connectivity index (χ2v) is 5.90. The van der Waals surface area contributed by atoms with Gasteiger partial charge in [0.2, 0.25) is 0 Å². The van der Waals surface area contributed by atoms with Gasteiger partial charge < -0.3 is 4.74 Å². The maximum atomic E-state index is 12.5. The van der Waals surface area contributed by atoms with Crippen LogP contribution < -0.4 is 0 Å². The fraction of sp³-hybridized carbons (Fsp3) is 0.0714. The van der Waals surface area contributed by atoms with Crippen LogP contribution in [0.2, 0.25) is 0 Å². The predicted molar refractivity (Wildman–Crippen MR) is 82.2 cm³/mol. The van der Waals surface area contributed by atoms with Crippen LogP contribution in [-0.4, -0.2) is 27.1 Å². The molecule has 9 nitrogen and oxygen atoms in total. The molecule has 0 aliphatic carbocycles. The van der Waals surface area contributed by atoms with E-state index >= 15 is 0 Å². The minimum Gasteiger partial charge on any atom is -0.465 e. The summed E-state index contributed by atoms with van der Waals surface area (Å²) in [5.41, 5.74) is -0.848. The number of hydrogen-bond donors (Lipinski definition) is 0. The lowest BCUT2D eigenvalue weighted by Gasteiger charge is -2.05. The first-order valence-corrected chi connectivity index (χ1v) is 7.53. The van der Waals surface area contributed by atoms with Crippen LogP contribution >= 0.6 is 0 Å². The lowest BCUT2D eigenvalue weighted by atomic mass is 10.2. The SMILES string of the molecule is COC(=O)c1ccc(S(=O)c2ccc([N+](=O)[O-])cc2[N+](=O)[O-])cc1. The Balaban J connectivity index is 2.44. The standard InChI is InChI=1S/C14H10N2O7S/c1-23-14(17)9-2-5-11(6-3-9)24(22)13-7-4-10(15(18)19)8-12(13)16(20)21/h2-8H,1H3. The van der Waals surface area contributed by atoms with Gasteiger partial charge in [0.15, 0.2) is 0 Å². The normalized spacial score (nSPS) is 11.5. The molecule has 2 aromatic carbocycles. The molecule has 1 unspecified atom stereocenters. The van der Waals surface area contributed by atoms with Crippen LogP contribution in [0.3, 0.4) is 0 Å². The molecule has 0 spiro atoms. The topological polar surface area (TPSA) is 130 Å². The number of esters is 1. The zero-order valence-electron chi connectivity index (χ0n) is 12.2. The summed E-state index contributed by atoms with van der Waals surface area (Å²) in [6.07, 6.45) is 0. The van der Waals surface area contributed by atoms with E-state index in [0.717, 1.165) is 18.2 Å². The largest absolute Gasteiger partial charge is 0.465 e. The molecule has 0 heterocycles. The molecule has 0 fully saturated rings. The van der Waals surface area contributed by atoms with Gasteiger partial charge in [0.05, 0.1) is 39.4 Å². The average molecular weight is 350 g/mol. The second kappa shape index (κ2) is 6.96. The van der Waals surface area contributed by atoms with Gasteiger partial charge in [-0.05, 0) is 30.3 Å². The van der Waals surface area contributed by atoms with E-state index in [0.29, 0.717) is 0 Å². The van der Waals surface area contributed by atoms with Gasteiger partial charge in [-0.2, -0.15) is 0 Å². The van der Waals surface area contributed by atoms with Gasteiger partial charge in [-0.3, -0.25) is 20.2 Å². The van der Waals surface area contributed by atoms with Gasteiger partial charge in [-0.1, -0.05) is 0 Å². The summed E-state index contributed by atoms with van der Waals surface area (Å²) in [5, 5.41) is 21.8. The molecule has 2 rings (SSSR count). The Hall–Kier alpha value is -3.14. The Kier molecular flexibility index (Phi) is 4.99. The summed E-state index contributed by atoms with van der Waals surface area (Å²) < 4.78 is 17.1. The van der Waals surface area contributed by atoms with Gasteiger partial charge in [0.25, 0.3) is 11.4 Å². The first-order chi connectivity index (χ1) is 11.3. The van der Waals surface area contributed by atoms with Crippen molar-refractivity contribution in [1.29, 1.82) is 0 Å². The Morgan fingerprint density at radius 1 is 1.04 bits per heavy atom. The van der Waals surface area contributed by atoms with E-state index in [1.165, 1.54) is 31.4 Å². The van der Waals surface area contributed by atoms with Crippen LogP contribution in [-0.2, 0) is 15.5 Å². The van der Waals surface area contributed by atoms with Crippen LogP contribution in [0, 0.1) is 20.2 Å². The highest BCUT2D eigenvalue weighted by molar-refractivity contribution is 7.85. The Bertz CT molecular complexity index is 849. The molecule has 0 saturated heterocycles. The van der Waals surface area contributed by atoms with Crippen molar-refractivity contribution in [2.24, 2.45) is 0 Å². The molecule has 0 N–H and O–H groups in total. The molecule has 0 amide bonds. The number of carbonyl (C=O) groups is 1. The van der Waals surface area contributed by atoms with Crippen LogP contribution in [0.1, 0.15) is 10.4 Å². The maximum Gasteiger partial charge on any atom is 0.337 e. The molecule has 0 saturated carbocycles. The number of rotatable bonds is 5. The summed E-state index contributed by atoms with van der Waals surface area (Å²) in [6, 6.07) is 8.37. The summed E-state index contributed by atoms with van der Waals surface area (Å²) in [5.74, 6) is -0.575. The number of nitrogens with zero attached hydrogens (tertiary/aromatic N) is 2. The third kappa shape index (κ3) is 3.43. The lowest BCUT2D eigenvalue weighted by Crippen LogP contribution is -2.03. The molecule has 2 aromatic rings. The number of benzene rings is 2. The quantitative estimate of drug-likeness (QED) is 0.460. The Labute approximate surface area is 137 Å². The number of carbonyl (C=O) groups excluding carboxylic acids is 1. The molecular weight excluding hydrogens is 340 g/mol. The zero-order chi connectivity index (χ0) is 17.9. The third-order valence-corrected chi connectivity index (χ3v) is 4.48. The lowest BCUT2D eigenvalue weighted by molar-refractivity contribution is -0.396. The van der Waals surface area contributed by atoms with Gasteiger partial charge in [-0.15, -0.1) is 0 Å². The number of nitro groups is 2. The van der Waals surface area contributed by atoms with Crippen molar-refractivity contribution >= 4 is 28.1 Å². The first-order valence-electron chi connectivity index (χ1n) is 6.38. The molecule has 124 valence electrons. The molecule has 10 heteroatoms. The highest BCUT2D eigenvalue weighted by Crippen LogP contribution is 2.30. The molecule has 24 heavy (non-hydrogen) atoms. The molecule has 0 aliphatic rings. The van der Waals surface area contributed by atoms with Crippen LogP contribution in [0.5, 0.6) is 0 Å². The minimum atomic E-state index is -1.94. The van der Waals surface area contributed by atoms with Crippen molar-refractivity contribution in [3.05, 3.63) is 68.3 Å². The molecule has 0 radical (unpaired) electrons. The monoisotopic (exact) mass is 350 g/mol. The third-order valence-electron chi connectivity index (χ3n) is 3.04. The summed E-state index contributed by atoms with van der Waals surface area (Å²) in [4.78, 5) is 31.6. The van der Waals surface area contributed by atoms with Crippen LogP contribution in [0.25, 0.3) is 0 Å². The van der Waals surface area contributed by atoms with Crippen molar-refractivity contribution in [2.75, 3.05) is 7.11 Å². The van der Waals surface area contributed by atoms with E-state index in [-0.39, 0.29) is 15.4 Å². The molecule has 1 atom stereocenters. The molecule has 0 aliphatic heterocycles. The van der Waals surface area contributed by atoms with Crippen molar-refractivity contribution in [3.63, 3.8) is 0 Å². The van der Waals surface area contributed by atoms with Gasteiger partial charge in [0.1, 0.15) is 4.90 Å². The smallest absolute Gasteiger partial charge is 0.337 e. The van der Waals surface area contributed by atoms with Crippen LogP contribution in [0.4, 0.5) is 11.4 Å². The highest BCUT2D eigenvalue weighted by atomic mass is 32.2. The number of hydrogen-bond acceptors (Lipinski definition) is 7. The van der Waals surface area contributed by atoms with E-state index in [1.807, 2.05) is 0 Å². The van der Waals surface area contributed by atoms with E-state index in [4.69, 9.17) is 0 Å². The maximum absolute atomic E-state index is 12.5. The molecule has 0 aromatic heterocycles. The highest BCUT2D eigenvalue weighted by Gasteiger charge is 2.24. The molecular formula is C14H10N2O7S. The zero-order valence-corrected chi connectivity index (χ0v) is 13.0. The first kappa shape index (κ1) is 17.2. The van der Waals surface area contributed by atoms with Gasteiger partial charge in [0, 0.05) is 11.0 Å². The molecule has 0 bridgehead atoms. The fourth-order valence-electron chi connectivity index (χ4n) is 1.88. The van der Waals surface area contributed by atoms with Gasteiger partial charge >= 0.3 is 5.97 Å². The Morgan fingerprint density at radius 3 is 2.17 bits per heavy atom. The van der Waals surface area contributed by atoms with E-state index < -0.39 is 38.0 Å². The van der Waals surface area contributed by atoms with Crippen LogP contribution in [0.15, 0.2) is 52.3 Å². The van der Waals surface area contributed by atoms with E-state index in [9.17, 15) is 29.2 Å². The number of methoxy groups -OCH3 is 1. The van der Waals surface area contributed by atoms with E-state index in [1.54, 1.807) is 0 Å². The van der Waals surface area contributed by atoms with Crippen molar-refractivity contribution < 1.29 is 23.6 Å². The minimum absolute atomic E-state index is 0.170. The Morgan fingerprint density at radius 2 is 1.67 bits per heavy atom. The number of nitro benzene ring substituents is 2. The summed E-state index contributed by atoms with van der Waals surface area (Å²) in [6.45, 7) is 0. The van der Waals surface area contributed by atoms with Crippen molar-refractivity contribution in [2.45, 2.75) is 9.79 Å². The summed E-state index contributed by atoms with van der Waals surface area (Å²) >= 11 is 0. The average Bonchev–Trinajstić information content (AvgIpc) is 2.59. The van der Waals surface area contributed by atoms with Crippen molar-refractivity contribution in [3.8, 4) is 0 Å². The van der Waals surface area contributed by atoms with Crippen molar-refractivity contribution in [1.82, 2.24) is 0 Å². The fourth-order valence-corrected chi connectivity index (χ4v) is 3.03. The predicted octanol–water partition coefficient (Wildman–Crippen LogP) is 2.46. The number of non-ortho nitro benzene ring substituents is 1. The number of ether oxygens (including phenoxy) is 1. The second-order valence-electron chi connectivity index (χ2n) is 4.45. The van der Waals surface area contributed by atoms with Gasteiger partial charge in [-0.25, -0.2) is 9.00 Å². The van der Waals surface area contributed by atoms with E-state index in [2.05, 4.69) is 4.74 Å². The summed E-state index contributed by atoms with van der Waals surface area (Å²) in [7, 11) is -0.723.